The summed E-state index contributed by atoms with van der Waals surface area (Å²) in [6, 6.07) is 6.66. The molecule has 1 aromatic rings. The van der Waals surface area contributed by atoms with Gasteiger partial charge in [0.1, 0.15) is 5.82 Å². The largest absolute Gasteiger partial charge is 0.382 e. The van der Waals surface area contributed by atoms with Crippen molar-refractivity contribution in [2.24, 2.45) is 0 Å². The third-order valence-corrected chi connectivity index (χ3v) is 2.71. The molecule has 17 heavy (non-hydrogen) atoms. The van der Waals surface area contributed by atoms with Crippen molar-refractivity contribution in [2.45, 2.75) is 19.1 Å². The van der Waals surface area contributed by atoms with Gasteiger partial charge >= 0.3 is 0 Å². The van der Waals surface area contributed by atoms with Gasteiger partial charge in [-0.2, -0.15) is 0 Å². The molecule has 96 valence electrons. The Labute approximate surface area is 102 Å². The lowest BCUT2D eigenvalue weighted by atomic mass is 10.1. The van der Waals surface area contributed by atoms with E-state index in [0.29, 0.717) is 13.2 Å². The van der Waals surface area contributed by atoms with Crippen LogP contribution < -0.4 is 5.32 Å². The van der Waals surface area contributed by atoms with E-state index in [1.807, 2.05) is 6.92 Å². The minimum atomic E-state index is -0.213. The van der Waals surface area contributed by atoms with Crippen molar-refractivity contribution in [2.75, 3.05) is 27.4 Å². The maximum absolute atomic E-state index is 12.8. The van der Waals surface area contributed by atoms with Gasteiger partial charge < -0.3 is 14.8 Å². The fourth-order valence-corrected chi connectivity index (χ4v) is 1.57. The molecule has 0 saturated carbocycles. The molecule has 1 N–H and O–H groups in total. The fraction of sp³-hybridized carbons (Fsp3) is 0.538. The number of halogens is 1. The van der Waals surface area contributed by atoms with Gasteiger partial charge in [0.15, 0.2) is 0 Å². The first kappa shape index (κ1) is 14.1. The number of hydrogen-bond acceptors (Lipinski definition) is 3. The van der Waals surface area contributed by atoms with Crippen LogP contribution in [-0.4, -0.2) is 33.5 Å². The molecular formula is C13H20FNO2. The molecule has 1 aromatic carbocycles. The SMILES string of the molecule is COCC(CNC(C)c1ccc(F)cc1)OC. The first-order chi connectivity index (χ1) is 8.17. The van der Waals surface area contributed by atoms with Gasteiger partial charge in [0, 0.05) is 26.8 Å². The van der Waals surface area contributed by atoms with Crippen LogP contribution in [0.25, 0.3) is 0 Å². The Morgan fingerprint density at radius 2 is 1.88 bits per heavy atom. The average Bonchev–Trinajstić information content (AvgIpc) is 2.35. The van der Waals surface area contributed by atoms with Gasteiger partial charge in [0.2, 0.25) is 0 Å². The van der Waals surface area contributed by atoms with E-state index in [2.05, 4.69) is 5.32 Å². The van der Waals surface area contributed by atoms with Crippen LogP contribution in [0.15, 0.2) is 24.3 Å². The molecule has 2 atom stereocenters. The number of nitrogens with one attached hydrogen (secondary N) is 1. The predicted octanol–water partition coefficient (Wildman–Crippen LogP) is 2.14. The number of hydrogen-bond donors (Lipinski definition) is 1. The number of rotatable bonds is 7. The summed E-state index contributed by atoms with van der Waals surface area (Å²) in [4.78, 5) is 0. The van der Waals surface area contributed by atoms with Crippen LogP contribution in [0.1, 0.15) is 18.5 Å². The van der Waals surface area contributed by atoms with Gasteiger partial charge in [-0.25, -0.2) is 4.39 Å². The van der Waals surface area contributed by atoms with Crippen molar-refractivity contribution < 1.29 is 13.9 Å². The Morgan fingerprint density at radius 3 is 2.41 bits per heavy atom. The van der Waals surface area contributed by atoms with E-state index in [0.717, 1.165) is 5.56 Å². The van der Waals surface area contributed by atoms with Gasteiger partial charge in [-0.3, -0.25) is 0 Å². The van der Waals surface area contributed by atoms with E-state index in [4.69, 9.17) is 9.47 Å². The second-order valence-corrected chi connectivity index (χ2v) is 3.99. The molecule has 3 nitrogen and oxygen atoms in total. The zero-order chi connectivity index (χ0) is 12.7. The van der Waals surface area contributed by atoms with Crippen molar-refractivity contribution in [3.8, 4) is 0 Å². The molecule has 0 fully saturated rings. The number of methoxy groups -OCH3 is 2. The maximum Gasteiger partial charge on any atom is 0.123 e. The standard InChI is InChI=1S/C13H20FNO2/c1-10(11-4-6-12(14)7-5-11)15-8-13(17-3)9-16-2/h4-7,10,13,15H,8-9H2,1-3H3. The Bertz CT molecular complexity index is 316. The summed E-state index contributed by atoms with van der Waals surface area (Å²) in [6.07, 6.45) is 0.0305. The molecule has 0 amide bonds. The Balaban J connectivity index is 2.43. The van der Waals surface area contributed by atoms with E-state index in [1.165, 1.54) is 12.1 Å². The Hall–Kier alpha value is -0.970. The highest BCUT2D eigenvalue weighted by Gasteiger charge is 2.10. The molecule has 4 heteroatoms. The summed E-state index contributed by atoms with van der Waals surface area (Å²) in [7, 11) is 3.31. The van der Waals surface area contributed by atoms with Gasteiger partial charge in [0.25, 0.3) is 0 Å². The summed E-state index contributed by atoms with van der Waals surface area (Å²) in [5.41, 5.74) is 1.05. The predicted molar refractivity (Wildman–Crippen MR) is 65.5 cm³/mol. The maximum atomic E-state index is 12.8. The highest BCUT2D eigenvalue weighted by atomic mass is 19.1. The lowest BCUT2D eigenvalue weighted by Gasteiger charge is -2.19. The van der Waals surface area contributed by atoms with Crippen molar-refractivity contribution in [3.05, 3.63) is 35.6 Å². The fourth-order valence-electron chi connectivity index (χ4n) is 1.57. The summed E-state index contributed by atoms with van der Waals surface area (Å²) in [6.45, 7) is 3.29. The van der Waals surface area contributed by atoms with Gasteiger partial charge in [-0.05, 0) is 24.6 Å². The van der Waals surface area contributed by atoms with Gasteiger partial charge in [-0.1, -0.05) is 12.1 Å². The molecule has 0 aliphatic heterocycles. The third kappa shape index (κ3) is 4.81. The van der Waals surface area contributed by atoms with E-state index < -0.39 is 0 Å². The summed E-state index contributed by atoms with van der Waals surface area (Å²) in [5.74, 6) is -0.213. The molecule has 0 aromatic heterocycles. The smallest absolute Gasteiger partial charge is 0.123 e. The van der Waals surface area contributed by atoms with Crippen LogP contribution in [0.2, 0.25) is 0 Å². The van der Waals surface area contributed by atoms with Crippen LogP contribution in [0.3, 0.4) is 0 Å². The Kier molecular flexibility index (Phi) is 6.11. The monoisotopic (exact) mass is 241 g/mol. The lowest BCUT2D eigenvalue weighted by Crippen LogP contribution is -2.33. The van der Waals surface area contributed by atoms with E-state index in [-0.39, 0.29) is 18.0 Å². The topological polar surface area (TPSA) is 30.5 Å². The highest BCUT2D eigenvalue weighted by molar-refractivity contribution is 5.19. The van der Waals surface area contributed by atoms with Crippen LogP contribution in [0.5, 0.6) is 0 Å². The van der Waals surface area contributed by atoms with Crippen LogP contribution in [0.4, 0.5) is 4.39 Å². The normalized spacial score (nSPS) is 14.6. The molecule has 0 spiro atoms. The summed E-state index contributed by atoms with van der Waals surface area (Å²) in [5, 5.41) is 3.33. The van der Waals surface area contributed by atoms with Crippen molar-refractivity contribution in [1.29, 1.82) is 0 Å². The van der Waals surface area contributed by atoms with Gasteiger partial charge in [0.05, 0.1) is 12.7 Å². The number of ether oxygens (including phenoxy) is 2. The van der Waals surface area contributed by atoms with E-state index in [9.17, 15) is 4.39 Å². The summed E-state index contributed by atoms with van der Waals surface area (Å²) >= 11 is 0. The minimum Gasteiger partial charge on any atom is -0.382 e. The van der Waals surface area contributed by atoms with Gasteiger partial charge in [-0.15, -0.1) is 0 Å². The number of benzene rings is 1. The zero-order valence-electron chi connectivity index (χ0n) is 10.6. The quantitative estimate of drug-likeness (QED) is 0.793. The molecular weight excluding hydrogens is 221 g/mol. The average molecular weight is 241 g/mol. The second-order valence-electron chi connectivity index (χ2n) is 3.99. The molecule has 1 rings (SSSR count). The van der Waals surface area contributed by atoms with Crippen molar-refractivity contribution >= 4 is 0 Å². The molecule has 0 radical (unpaired) electrons. The minimum absolute atomic E-state index is 0.0305. The molecule has 0 heterocycles. The van der Waals surface area contributed by atoms with Crippen LogP contribution in [-0.2, 0) is 9.47 Å². The zero-order valence-corrected chi connectivity index (χ0v) is 10.6. The highest BCUT2D eigenvalue weighted by Crippen LogP contribution is 2.12. The first-order valence-corrected chi connectivity index (χ1v) is 5.68. The van der Waals surface area contributed by atoms with Crippen molar-refractivity contribution in [3.63, 3.8) is 0 Å². The van der Waals surface area contributed by atoms with E-state index >= 15 is 0 Å². The molecule has 0 bridgehead atoms. The lowest BCUT2D eigenvalue weighted by molar-refractivity contribution is 0.0276. The molecule has 0 aliphatic carbocycles. The molecule has 0 saturated heterocycles. The summed E-state index contributed by atoms with van der Waals surface area (Å²) < 4.78 is 23.0. The van der Waals surface area contributed by atoms with Crippen molar-refractivity contribution in [1.82, 2.24) is 5.32 Å². The third-order valence-electron chi connectivity index (χ3n) is 2.71. The Morgan fingerprint density at radius 1 is 1.24 bits per heavy atom. The van der Waals surface area contributed by atoms with Crippen LogP contribution >= 0.6 is 0 Å². The molecule has 0 aliphatic rings. The first-order valence-electron chi connectivity index (χ1n) is 5.68. The van der Waals surface area contributed by atoms with Crippen LogP contribution in [0, 0.1) is 5.82 Å². The second kappa shape index (κ2) is 7.37. The van der Waals surface area contributed by atoms with E-state index in [1.54, 1.807) is 26.4 Å². The molecule has 2 unspecified atom stereocenters.